The topological polar surface area (TPSA) is 63.7 Å². The predicted molar refractivity (Wildman–Crippen MR) is 103 cm³/mol. The first-order valence-corrected chi connectivity index (χ1v) is 9.97. The zero-order valence-corrected chi connectivity index (χ0v) is 16.0. The standard InChI is InChI=1S/C21H21NO4S/c1-16-11-13-18(14-12-16)27(24,25)22-15-7-6-10-19(22)20(21(23)26-2)17-8-4-3-5-9-17/h3-15,19-20H,1-2H3/t19-,20?/m1/s1. The lowest BCUT2D eigenvalue weighted by Gasteiger charge is -2.34. The van der Waals surface area contributed by atoms with Crippen molar-refractivity contribution in [2.45, 2.75) is 23.8 Å². The number of allylic oxidation sites excluding steroid dienone is 2. The highest BCUT2D eigenvalue weighted by atomic mass is 32.2. The van der Waals surface area contributed by atoms with E-state index in [2.05, 4.69) is 0 Å². The van der Waals surface area contributed by atoms with Crippen molar-refractivity contribution >= 4 is 16.0 Å². The molecule has 140 valence electrons. The van der Waals surface area contributed by atoms with Crippen LogP contribution in [-0.4, -0.2) is 31.8 Å². The summed E-state index contributed by atoms with van der Waals surface area (Å²) >= 11 is 0. The number of sulfonamides is 1. The molecule has 0 fully saturated rings. The number of benzene rings is 2. The molecule has 0 amide bonds. The molecule has 0 saturated heterocycles. The number of nitrogens with zero attached hydrogens (tertiary/aromatic N) is 1. The molecule has 1 aliphatic heterocycles. The smallest absolute Gasteiger partial charge is 0.315 e. The van der Waals surface area contributed by atoms with Crippen LogP contribution in [0.15, 0.2) is 83.9 Å². The van der Waals surface area contributed by atoms with Gasteiger partial charge in [-0.1, -0.05) is 60.2 Å². The Labute approximate surface area is 159 Å². The average Bonchev–Trinajstić information content (AvgIpc) is 2.69. The van der Waals surface area contributed by atoms with Crippen molar-refractivity contribution in [1.82, 2.24) is 4.31 Å². The lowest BCUT2D eigenvalue weighted by Crippen LogP contribution is -2.42. The molecular formula is C21H21NO4S. The lowest BCUT2D eigenvalue weighted by atomic mass is 9.90. The van der Waals surface area contributed by atoms with Gasteiger partial charge in [-0.05, 0) is 30.7 Å². The number of carbonyl (C=O) groups is 1. The maximum absolute atomic E-state index is 13.2. The molecule has 0 aliphatic carbocycles. The van der Waals surface area contributed by atoms with Gasteiger partial charge >= 0.3 is 5.97 Å². The Morgan fingerprint density at radius 3 is 2.33 bits per heavy atom. The van der Waals surface area contributed by atoms with E-state index in [4.69, 9.17) is 4.74 Å². The van der Waals surface area contributed by atoms with E-state index in [1.165, 1.54) is 17.6 Å². The number of aryl methyl sites for hydroxylation is 1. The van der Waals surface area contributed by atoms with Crippen LogP contribution in [0.5, 0.6) is 0 Å². The van der Waals surface area contributed by atoms with Gasteiger partial charge in [0.05, 0.1) is 18.0 Å². The molecule has 1 aliphatic rings. The Morgan fingerprint density at radius 2 is 1.70 bits per heavy atom. The molecule has 0 radical (unpaired) electrons. The van der Waals surface area contributed by atoms with Gasteiger partial charge in [-0.3, -0.25) is 9.10 Å². The Bertz CT molecular complexity index is 963. The van der Waals surface area contributed by atoms with E-state index < -0.39 is 28.0 Å². The first kappa shape index (κ1) is 18.9. The van der Waals surface area contributed by atoms with E-state index in [0.29, 0.717) is 5.56 Å². The third-order valence-corrected chi connectivity index (χ3v) is 6.29. The second-order valence-electron chi connectivity index (χ2n) is 6.28. The van der Waals surface area contributed by atoms with Gasteiger partial charge in [0.1, 0.15) is 5.92 Å². The van der Waals surface area contributed by atoms with E-state index in [-0.39, 0.29) is 4.90 Å². The average molecular weight is 383 g/mol. The van der Waals surface area contributed by atoms with Crippen molar-refractivity contribution in [3.8, 4) is 0 Å². The monoisotopic (exact) mass is 383 g/mol. The van der Waals surface area contributed by atoms with Crippen LogP contribution in [0.2, 0.25) is 0 Å². The summed E-state index contributed by atoms with van der Waals surface area (Å²) in [7, 11) is -2.53. The molecule has 1 heterocycles. The minimum Gasteiger partial charge on any atom is -0.468 e. The van der Waals surface area contributed by atoms with Crippen LogP contribution in [0.4, 0.5) is 0 Å². The van der Waals surface area contributed by atoms with Crippen LogP contribution in [0.1, 0.15) is 17.0 Å². The molecule has 2 atom stereocenters. The Morgan fingerprint density at radius 1 is 1.04 bits per heavy atom. The summed E-state index contributed by atoms with van der Waals surface area (Å²) in [5, 5.41) is 0. The van der Waals surface area contributed by atoms with E-state index >= 15 is 0 Å². The van der Waals surface area contributed by atoms with E-state index in [1.807, 2.05) is 25.1 Å². The number of hydrogen-bond acceptors (Lipinski definition) is 4. The van der Waals surface area contributed by atoms with Crippen LogP contribution < -0.4 is 0 Å². The van der Waals surface area contributed by atoms with Crippen LogP contribution in [0.3, 0.4) is 0 Å². The number of rotatable bonds is 5. The molecule has 3 rings (SSSR count). The highest BCUT2D eigenvalue weighted by molar-refractivity contribution is 7.89. The molecule has 0 spiro atoms. The molecule has 1 unspecified atom stereocenters. The largest absolute Gasteiger partial charge is 0.468 e. The zero-order chi connectivity index (χ0) is 19.4. The van der Waals surface area contributed by atoms with Crippen molar-refractivity contribution in [3.05, 3.63) is 90.2 Å². The quantitative estimate of drug-likeness (QED) is 0.743. The Hall–Kier alpha value is -2.86. The molecule has 5 nitrogen and oxygen atoms in total. The maximum Gasteiger partial charge on any atom is 0.315 e. The van der Waals surface area contributed by atoms with Crippen molar-refractivity contribution in [1.29, 1.82) is 0 Å². The van der Waals surface area contributed by atoms with Crippen molar-refractivity contribution in [2.24, 2.45) is 0 Å². The Kier molecular flexibility index (Phi) is 5.46. The summed E-state index contributed by atoms with van der Waals surface area (Å²) in [6, 6.07) is 15.0. The number of carbonyl (C=O) groups excluding carboxylic acids is 1. The number of methoxy groups -OCH3 is 1. The van der Waals surface area contributed by atoms with Gasteiger partial charge in [-0.2, -0.15) is 0 Å². The minimum atomic E-state index is -3.84. The molecule has 6 heteroatoms. The SMILES string of the molecule is COC(=O)C(c1ccccc1)[C@H]1C=CC=CN1S(=O)(=O)c1ccc(C)cc1. The summed E-state index contributed by atoms with van der Waals surface area (Å²) in [6.07, 6.45) is 6.57. The van der Waals surface area contributed by atoms with Gasteiger partial charge in [0.2, 0.25) is 0 Å². The van der Waals surface area contributed by atoms with Crippen molar-refractivity contribution in [3.63, 3.8) is 0 Å². The number of hydrogen-bond donors (Lipinski definition) is 0. The molecule has 2 aromatic carbocycles. The van der Waals surface area contributed by atoms with Crippen LogP contribution in [0.25, 0.3) is 0 Å². The van der Waals surface area contributed by atoms with Crippen LogP contribution in [0, 0.1) is 6.92 Å². The third kappa shape index (κ3) is 3.80. The molecule has 0 aromatic heterocycles. The fraction of sp³-hybridized carbons (Fsp3) is 0.190. The Balaban J connectivity index is 2.06. The van der Waals surface area contributed by atoms with E-state index in [0.717, 1.165) is 5.56 Å². The van der Waals surface area contributed by atoms with E-state index in [9.17, 15) is 13.2 Å². The van der Waals surface area contributed by atoms with Crippen molar-refractivity contribution < 1.29 is 17.9 Å². The normalized spacial score (nSPS) is 17.6. The second-order valence-corrected chi connectivity index (χ2v) is 8.12. The molecule has 0 saturated carbocycles. The number of ether oxygens (including phenoxy) is 1. The van der Waals surface area contributed by atoms with Crippen molar-refractivity contribution in [2.75, 3.05) is 7.11 Å². The lowest BCUT2D eigenvalue weighted by molar-refractivity contribution is -0.143. The van der Waals surface area contributed by atoms with Gasteiger partial charge < -0.3 is 4.74 Å². The number of esters is 1. The van der Waals surface area contributed by atoms with Gasteiger partial charge in [0.25, 0.3) is 10.0 Å². The molecule has 0 N–H and O–H groups in total. The summed E-state index contributed by atoms with van der Waals surface area (Å²) in [6.45, 7) is 1.89. The maximum atomic E-state index is 13.2. The zero-order valence-electron chi connectivity index (χ0n) is 15.1. The van der Waals surface area contributed by atoms with E-state index in [1.54, 1.807) is 54.6 Å². The first-order valence-electron chi connectivity index (χ1n) is 8.53. The fourth-order valence-corrected chi connectivity index (χ4v) is 4.55. The highest BCUT2D eigenvalue weighted by Gasteiger charge is 2.38. The molecular weight excluding hydrogens is 362 g/mol. The highest BCUT2D eigenvalue weighted by Crippen LogP contribution is 2.32. The van der Waals surface area contributed by atoms with Gasteiger partial charge in [0.15, 0.2) is 0 Å². The fourth-order valence-electron chi connectivity index (χ4n) is 3.09. The summed E-state index contributed by atoms with van der Waals surface area (Å²) in [5.41, 5.74) is 1.66. The van der Waals surface area contributed by atoms with Gasteiger partial charge in [-0.25, -0.2) is 8.42 Å². The third-order valence-electron chi connectivity index (χ3n) is 4.50. The molecule has 2 aromatic rings. The minimum absolute atomic E-state index is 0.176. The predicted octanol–water partition coefficient (Wildman–Crippen LogP) is 3.39. The summed E-state index contributed by atoms with van der Waals surface area (Å²) < 4.78 is 32.7. The summed E-state index contributed by atoms with van der Waals surface area (Å²) in [5.74, 6) is -1.27. The molecule has 27 heavy (non-hydrogen) atoms. The van der Waals surface area contributed by atoms with Gasteiger partial charge in [-0.15, -0.1) is 0 Å². The van der Waals surface area contributed by atoms with Gasteiger partial charge in [0, 0.05) is 6.20 Å². The second kappa shape index (κ2) is 7.80. The first-order chi connectivity index (χ1) is 12.9. The summed E-state index contributed by atoms with van der Waals surface area (Å²) in [4.78, 5) is 12.7. The molecule has 0 bridgehead atoms. The van der Waals surface area contributed by atoms with Crippen LogP contribution >= 0.6 is 0 Å². The van der Waals surface area contributed by atoms with Crippen LogP contribution in [-0.2, 0) is 19.6 Å².